The van der Waals surface area contributed by atoms with E-state index in [1.54, 1.807) is 0 Å². The summed E-state index contributed by atoms with van der Waals surface area (Å²) < 4.78 is 1.82. The fraction of sp³-hybridized carbons (Fsp3) is 0.385. The van der Waals surface area contributed by atoms with Crippen LogP contribution in [-0.4, -0.2) is 21.3 Å². The Balaban J connectivity index is 2.39. The molecule has 2 aromatic rings. The molecule has 0 radical (unpaired) electrons. The number of hydrogen-bond donors (Lipinski definition) is 1. The summed E-state index contributed by atoms with van der Waals surface area (Å²) >= 11 is 0. The van der Waals surface area contributed by atoms with E-state index in [0.29, 0.717) is 0 Å². The van der Waals surface area contributed by atoms with Crippen molar-refractivity contribution in [1.29, 1.82) is 0 Å². The van der Waals surface area contributed by atoms with E-state index in [9.17, 15) is 0 Å². The van der Waals surface area contributed by atoms with Crippen LogP contribution in [0.2, 0.25) is 0 Å². The lowest BCUT2D eigenvalue weighted by Gasteiger charge is -2.17. The third-order valence-electron chi connectivity index (χ3n) is 2.76. The molecule has 0 aliphatic carbocycles. The molecule has 17 heavy (non-hydrogen) atoms. The van der Waals surface area contributed by atoms with Gasteiger partial charge in [0.15, 0.2) is 0 Å². The molecule has 2 rings (SSSR count). The standard InChI is InChI=1S/C13H18N4/c1-4-14-13(11-7-9-17(3)16-11)12-10(2)6-5-8-15-12/h5-9,13-14H,4H2,1-3H3. The summed E-state index contributed by atoms with van der Waals surface area (Å²) in [6.07, 6.45) is 3.79. The van der Waals surface area contributed by atoms with Crippen LogP contribution >= 0.6 is 0 Å². The minimum Gasteiger partial charge on any atom is -0.304 e. The molecule has 1 N–H and O–H groups in total. The van der Waals surface area contributed by atoms with Gasteiger partial charge in [0.05, 0.1) is 17.4 Å². The normalized spacial score (nSPS) is 12.6. The molecule has 0 saturated carbocycles. The van der Waals surface area contributed by atoms with Gasteiger partial charge in [-0.25, -0.2) is 0 Å². The zero-order valence-corrected chi connectivity index (χ0v) is 10.5. The molecule has 0 aliphatic rings. The Hall–Kier alpha value is -1.68. The summed E-state index contributed by atoms with van der Waals surface area (Å²) in [5, 5.41) is 7.89. The largest absolute Gasteiger partial charge is 0.304 e. The molecular formula is C13H18N4. The van der Waals surface area contributed by atoms with E-state index in [1.807, 2.05) is 36.3 Å². The fourth-order valence-electron chi connectivity index (χ4n) is 1.93. The van der Waals surface area contributed by atoms with Crippen molar-refractivity contribution in [2.45, 2.75) is 19.9 Å². The molecule has 0 saturated heterocycles. The van der Waals surface area contributed by atoms with Crippen molar-refractivity contribution in [3.05, 3.63) is 47.5 Å². The molecule has 0 spiro atoms. The predicted octanol–water partition coefficient (Wildman–Crippen LogP) is 1.82. The van der Waals surface area contributed by atoms with Crippen molar-refractivity contribution >= 4 is 0 Å². The molecule has 1 atom stereocenters. The summed E-state index contributed by atoms with van der Waals surface area (Å²) in [5.41, 5.74) is 3.24. The Morgan fingerprint density at radius 1 is 1.41 bits per heavy atom. The van der Waals surface area contributed by atoms with Gasteiger partial charge in [-0.3, -0.25) is 9.67 Å². The zero-order chi connectivity index (χ0) is 12.3. The molecule has 4 nitrogen and oxygen atoms in total. The average molecular weight is 230 g/mol. The van der Waals surface area contributed by atoms with Crippen LogP contribution in [0.1, 0.15) is 29.9 Å². The summed E-state index contributed by atoms with van der Waals surface area (Å²) in [4.78, 5) is 4.47. The van der Waals surface area contributed by atoms with E-state index in [2.05, 4.69) is 35.3 Å². The second-order valence-electron chi connectivity index (χ2n) is 4.11. The molecule has 2 heterocycles. The Morgan fingerprint density at radius 3 is 2.82 bits per heavy atom. The van der Waals surface area contributed by atoms with E-state index in [-0.39, 0.29) is 6.04 Å². The highest BCUT2D eigenvalue weighted by atomic mass is 15.3. The minimum atomic E-state index is 0.0717. The molecule has 0 aliphatic heterocycles. The third-order valence-corrected chi connectivity index (χ3v) is 2.76. The Kier molecular flexibility index (Phi) is 3.54. The summed E-state index contributed by atoms with van der Waals surface area (Å²) in [5.74, 6) is 0. The lowest BCUT2D eigenvalue weighted by Crippen LogP contribution is -2.24. The lowest BCUT2D eigenvalue weighted by atomic mass is 10.1. The predicted molar refractivity (Wildman–Crippen MR) is 67.7 cm³/mol. The second kappa shape index (κ2) is 5.10. The maximum absolute atomic E-state index is 4.47. The topological polar surface area (TPSA) is 42.7 Å². The molecule has 90 valence electrons. The van der Waals surface area contributed by atoms with Gasteiger partial charge < -0.3 is 5.32 Å². The van der Waals surface area contributed by atoms with Crippen LogP contribution in [0, 0.1) is 6.92 Å². The summed E-state index contributed by atoms with van der Waals surface area (Å²) in [6.45, 7) is 5.06. The first-order valence-electron chi connectivity index (χ1n) is 5.86. The molecule has 1 unspecified atom stereocenters. The Labute approximate surface area is 102 Å². The van der Waals surface area contributed by atoms with Crippen LogP contribution in [0.25, 0.3) is 0 Å². The van der Waals surface area contributed by atoms with Crippen LogP contribution in [0.5, 0.6) is 0 Å². The summed E-state index contributed by atoms with van der Waals surface area (Å²) in [7, 11) is 1.93. The zero-order valence-electron chi connectivity index (χ0n) is 10.5. The number of aromatic nitrogens is 3. The van der Waals surface area contributed by atoms with Gasteiger partial charge in [-0.1, -0.05) is 13.0 Å². The van der Waals surface area contributed by atoms with E-state index in [0.717, 1.165) is 17.9 Å². The Bertz CT molecular complexity index is 490. The highest BCUT2D eigenvalue weighted by molar-refractivity contribution is 5.27. The van der Waals surface area contributed by atoms with Gasteiger partial charge in [-0.05, 0) is 31.2 Å². The molecule has 0 bridgehead atoms. The van der Waals surface area contributed by atoms with Gasteiger partial charge in [-0.2, -0.15) is 5.10 Å². The van der Waals surface area contributed by atoms with Gasteiger partial charge >= 0.3 is 0 Å². The maximum atomic E-state index is 4.47. The maximum Gasteiger partial charge on any atom is 0.0946 e. The first kappa shape index (κ1) is 11.8. The van der Waals surface area contributed by atoms with Crippen LogP contribution in [-0.2, 0) is 7.05 Å². The molecular weight excluding hydrogens is 212 g/mol. The van der Waals surface area contributed by atoms with Crippen molar-refractivity contribution < 1.29 is 0 Å². The summed E-state index contributed by atoms with van der Waals surface area (Å²) in [6, 6.07) is 6.14. The quantitative estimate of drug-likeness (QED) is 0.871. The van der Waals surface area contributed by atoms with Gasteiger partial charge in [0.2, 0.25) is 0 Å². The van der Waals surface area contributed by atoms with Crippen LogP contribution < -0.4 is 5.32 Å². The Morgan fingerprint density at radius 2 is 2.24 bits per heavy atom. The number of rotatable bonds is 4. The van der Waals surface area contributed by atoms with Crippen molar-refractivity contribution in [3.63, 3.8) is 0 Å². The van der Waals surface area contributed by atoms with Crippen LogP contribution in [0.15, 0.2) is 30.6 Å². The van der Waals surface area contributed by atoms with Gasteiger partial charge in [0.25, 0.3) is 0 Å². The highest BCUT2D eigenvalue weighted by Gasteiger charge is 2.18. The van der Waals surface area contributed by atoms with Crippen LogP contribution in [0.3, 0.4) is 0 Å². The van der Waals surface area contributed by atoms with Gasteiger partial charge in [0.1, 0.15) is 0 Å². The number of pyridine rings is 1. The smallest absolute Gasteiger partial charge is 0.0946 e. The number of nitrogens with zero attached hydrogens (tertiary/aromatic N) is 3. The van der Waals surface area contributed by atoms with Crippen molar-refractivity contribution in [3.8, 4) is 0 Å². The number of nitrogens with one attached hydrogen (secondary N) is 1. The van der Waals surface area contributed by atoms with Gasteiger partial charge in [-0.15, -0.1) is 0 Å². The second-order valence-corrected chi connectivity index (χ2v) is 4.11. The van der Waals surface area contributed by atoms with Gasteiger partial charge in [0, 0.05) is 19.4 Å². The number of aryl methyl sites for hydroxylation is 2. The molecule has 0 aromatic carbocycles. The molecule has 0 fully saturated rings. The van der Waals surface area contributed by atoms with Crippen molar-refractivity contribution in [2.75, 3.05) is 6.54 Å². The lowest BCUT2D eigenvalue weighted by molar-refractivity contribution is 0.584. The number of hydrogen-bond acceptors (Lipinski definition) is 3. The minimum absolute atomic E-state index is 0.0717. The van der Waals surface area contributed by atoms with E-state index < -0.39 is 0 Å². The first-order valence-corrected chi connectivity index (χ1v) is 5.86. The average Bonchev–Trinajstić information content (AvgIpc) is 2.74. The molecule has 4 heteroatoms. The molecule has 2 aromatic heterocycles. The van der Waals surface area contributed by atoms with E-state index >= 15 is 0 Å². The van der Waals surface area contributed by atoms with Crippen molar-refractivity contribution in [2.24, 2.45) is 7.05 Å². The van der Waals surface area contributed by atoms with Crippen molar-refractivity contribution in [1.82, 2.24) is 20.1 Å². The highest BCUT2D eigenvalue weighted by Crippen LogP contribution is 2.21. The third kappa shape index (κ3) is 2.53. The van der Waals surface area contributed by atoms with E-state index in [1.165, 1.54) is 5.56 Å². The first-order chi connectivity index (χ1) is 8.22. The molecule has 0 amide bonds. The van der Waals surface area contributed by atoms with E-state index in [4.69, 9.17) is 0 Å². The van der Waals surface area contributed by atoms with Crippen LogP contribution in [0.4, 0.5) is 0 Å². The monoisotopic (exact) mass is 230 g/mol. The SMILES string of the molecule is CCNC(c1ccn(C)n1)c1ncccc1C. The fourth-order valence-corrected chi connectivity index (χ4v) is 1.93.